The molecule has 39 heavy (non-hydrogen) atoms. The molecule has 2 fully saturated rings. The van der Waals surface area contributed by atoms with Crippen molar-refractivity contribution in [2.24, 2.45) is 5.92 Å². The highest BCUT2D eigenvalue weighted by atomic mass is 32.2. The smallest absolute Gasteiger partial charge is 0.251 e. The first-order valence-corrected chi connectivity index (χ1v) is 14.7. The fourth-order valence-electron chi connectivity index (χ4n) is 4.98. The molecular weight excluding hydrogens is 513 g/mol. The van der Waals surface area contributed by atoms with Gasteiger partial charge in [-0.15, -0.1) is 5.10 Å². The number of benzene rings is 2. The Labute approximate surface area is 231 Å². The Kier molecular flexibility index (Phi) is 7.16. The predicted molar refractivity (Wildman–Crippen MR) is 153 cm³/mol. The van der Waals surface area contributed by atoms with E-state index in [0.717, 1.165) is 47.5 Å². The Hall–Kier alpha value is -3.59. The Balaban J connectivity index is 1.35. The standard InChI is InChI=1S/C30H32FN5O2S/c1-18-11-22(31)14-24(12-18)38-28-15-26(32-16-20-7-9-39-10-8-20)29-33-17-27(36(29)35-28)21-3-6-25(19(2)13-21)30(37)34-23-4-5-23/h3,6,11-15,17,20,23,32H,4-5,7-10,16H2,1-2H3,(H,34,37). The third-order valence-electron chi connectivity index (χ3n) is 7.28. The number of rotatable bonds is 8. The Morgan fingerprint density at radius 1 is 1.10 bits per heavy atom. The number of amides is 1. The summed E-state index contributed by atoms with van der Waals surface area (Å²) in [5.74, 6) is 3.31. The molecule has 1 amide bonds. The predicted octanol–water partition coefficient (Wildman–Crippen LogP) is 6.39. The first-order chi connectivity index (χ1) is 18.9. The first kappa shape index (κ1) is 25.7. The van der Waals surface area contributed by atoms with Crippen molar-refractivity contribution in [1.29, 1.82) is 0 Å². The number of aromatic nitrogens is 3. The van der Waals surface area contributed by atoms with Crippen LogP contribution < -0.4 is 15.4 Å². The number of imidazole rings is 1. The van der Waals surface area contributed by atoms with Crippen LogP contribution in [0, 0.1) is 25.6 Å². The zero-order chi connectivity index (χ0) is 26.9. The van der Waals surface area contributed by atoms with Gasteiger partial charge in [0.2, 0.25) is 5.88 Å². The summed E-state index contributed by atoms with van der Waals surface area (Å²) < 4.78 is 21.9. The molecule has 1 saturated heterocycles. The van der Waals surface area contributed by atoms with Gasteiger partial charge in [0.15, 0.2) is 5.65 Å². The molecule has 2 aliphatic rings. The van der Waals surface area contributed by atoms with E-state index in [2.05, 4.69) is 10.6 Å². The Morgan fingerprint density at radius 2 is 1.92 bits per heavy atom. The van der Waals surface area contributed by atoms with Crippen LogP contribution in [0.3, 0.4) is 0 Å². The van der Waals surface area contributed by atoms with Gasteiger partial charge < -0.3 is 15.4 Å². The van der Waals surface area contributed by atoms with E-state index in [0.29, 0.717) is 34.8 Å². The van der Waals surface area contributed by atoms with Crippen LogP contribution in [0.25, 0.3) is 16.9 Å². The molecule has 202 valence electrons. The van der Waals surface area contributed by atoms with Gasteiger partial charge in [0.05, 0.1) is 17.6 Å². The summed E-state index contributed by atoms with van der Waals surface area (Å²) in [7, 11) is 0. The van der Waals surface area contributed by atoms with Crippen LogP contribution in [-0.4, -0.2) is 44.6 Å². The van der Waals surface area contributed by atoms with Crippen molar-refractivity contribution in [3.63, 3.8) is 0 Å². The average Bonchev–Trinajstić information content (AvgIpc) is 3.62. The number of thioether (sulfide) groups is 1. The second-order valence-electron chi connectivity index (χ2n) is 10.6. The molecule has 0 radical (unpaired) electrons. The minimum absolute atomic E-state index is 0.0357. The number of hydrogen-bond donors (Lipinski definition) is 2. The number of fused-ring (bicyclic) bond motifs is 1. The lowest BCUT2D eigenvalue weighted by molar-refractivity contribution is 0.0950. The number of carbonyl (C=O) groups is 1. The number of ether oxygens (including phenoxy) is 1. The third kappa shape index (κ3) is 5.88. The Morgan fingerprint density at radius 3 is 2.67 bits per heavy atom. The van der Waals surface area contributed by atoms with Crippen LogP contribution in [-0.2, 0) is 0 Å². The summed E-state index contributed by atoms with van der Waals surface area (Å²) in [6.07, 6.45) is 6.26. The van der Waals surface area contributed by atoms with E-state index in [1.165, 1.54) is 36.5 Å². The van der Waals surface area contributed by atoms with Crippen molar-refractivity contribution in [3.05, 3.63) is 71.2 Å². The molecule has 4 aromatic rings. The molecule has 6 rings (SSSR count). The van der Waals surface area contributed by atoms with Crippen LogP contribution in [0.5, 0.6) is 11.6 Å². The van der Waals surface area contributed by atoms with Crippen molar-refractivity contribution in [1.82, 2.24) is 19.9 Å². The van der Waals surface area contributed by atoms with Gasteiger partial charge in [0, 0.05) is 35.8 Å². The maximum atomic E-state index is 14.1. The lowest BCUT2D eigenvalue weighted by Crippen LogP contribution is -2.26. The lowest BCUT2D eigenvalue weighted by atomic mass is 10.0. The van der Waals surface area contributed by atoms with Gasteiger partial charge in [-0.2, -0.15) is 11.8 Å². The van der Waals surface area contributed by atoms with Crippen LogP contribution in [0.2, 0.25) is 0 Å². The zero-order valence-corrected chi connectivity index (χ0v) is 23.0. The van der Waals surface area contributed by atoms with Crippen LogP contribution >= 0.6 is 11.8 Å². The second-order valence-corrected chi connectivity index (χ2v) is 11.8. The third-order valence-corrected chi connectivity index (χ3v) is 8.33. The molecular formula is C30H32FN5O2S. The number of hydrogen-bond acceptors (Lipinski definition) is 6. The number of halogens is 1. The van der Waals surface area contributed by atoms with Gasteiger partial charge in [-0.05, 0) is 92.3 Å². The molecule has 2 N–H and O–H groups in total. The van der Waals surface area contributed by atoms with E-state index < -0.39 is 0 Å². The molecule has 2 aromatic carbocycles. The molecule has 3 heterocycles. The van der Waals surface area contributed by atoms with Gasteiger partial charge in [-0.1, -0.05) is 6.07 Å². The topological polar surface area (TPSA) is 80.5 Å². The monoisotopic (exact) mass is 545 g/mol. The minimum Gasteiger partial charge on any atom is -0.437 e. The molecule has 0 bridgehead atoms. The van der Waals surface area contributed by atoms with Gasteiger partial charge in [0.1, 0.15) is 11.6 Å². The summed E-state index contributed by atoms with van der Waals surface area (Å²) >= 11 is 2.01. The number of nitrogens with zero attached hydrogens (tertiary/aromatic N) is 3. The van der Waals surface area contributed by atoms with E-state index in [9.17, 15) is 9.18 Å². The minimum atomic E-state index is -0.357. The molecule has 0 atom stereocenters. The maximum Gasteiger partial charge on any atom is 0.251 e. The van der Waals surface area contributed by atoms with E-state index in [4.69, 9.17) is 14.8 Å². The molecule has 7 nitrogen and oxygen atoms in total. The fraction of sp³-hybridized carbons (Fsp3) is 0.367. The number of carbonyl (C=O) groups excluding carboxylic acids is 1. The highest BCUT2D eigenvalue weighted by molar-refractivity contribution is 7.99. The van der Waals surface area contributed by atoms with Gasteiger partial charge in [-0.3, -0.25) is 4.79 Å². The van der Waals surface area contributed by atoms with Crippen molar-refractivity contribution < 1.29 is 13.9 Å². The SMILES string of the molecule is Cc1cc(F)cc(Oc2cc(NCC3CCSCC3)c3ncc(-c4ccc(C(=O)NC5CC5)c(C)c4)n3n2)c1. The molecule has 2 aromatic heterocycles. The number of nitrogens with one attached hydrogen (secondary N) is 2. The van der Waals surface area contributed by atoms with E-state index >= 15 is 0 Å². The van der Waals surface area contributed by atoms with Crippen molar-refractivity contribution >= 4 is 29.0 Å². The Bertz CT molecular complexity index is 1510. The van der Waals surface area contributed by atoms with E-state index in [1.807, 2.05) is 49.9 Å². The number of anilines is 1. The van der Waals surface area contributed by atoms with Crippen molar-refractivity contribution in [2.75, 3.05) is 23.4 Å². The summed E-state index contributed by atoms with van der Waals surface area (Å²) in [5.41, 5.74) is 5.50. The van der Waals surface area contributed by atoms with Gasteiger partial charge in [0.25, 0.3) is 5.91 Å². The molecule has 0 spiro atoms. The highest BCUT2D eigenvalue weighted by Gasteiger charge is 2.25. The van der Waals surface area contributed by atoms with Crippen LogP contribution in [0.4, 0.5) is 10.1 Å². The largest absolute Gasteiger partial charge is 0.437 e. The molecule has 1 aliphatic carbocycles. The quantitative estimate of drug-likeness (QED) is 0.267. The summed E-state index contributed by atoms with van der Waals surface area (Å²) in [4.78, 5) is 17.4. The molecule has 0 unspecified atom stereocenters. The van der Waals surface area contributed by atoms with E-state index in [1.54, 1.807) is 16.8 Å². The van der Waals surface area contributed by atoms with Crippen molar-refractivity contribution in [3.8, 4) is 22.9 Å². The van der Waals surface area contributed by atoms with Crippen LogP contribution in [0.1, 0.15) is 47.2 Å². The first-order valence-electron chi connectivity index (χ1n) is 13.5. The summed E-state index contributed by atoms with van der Waals surface area (Å²) in [6, 6.07) is 12.5. The molecule has 9 heteroatoms. The van der Waals surface area contributed by atoms with Gasteiger partial charge in [-0.25, -0.2) is 13.9 Å². The summed E-state index contributed by atoms with van der Waals surface area (Å²) in [5, 5.41) is 11.4. The number of aryl methyl sites for hydroxylation is 2. The normalized spacial score (nSPS) is 15.9. The van der Waals surface area contributed by atoms with E-state index in [-0.39, 0.29) is 11.7 Å². The average molecular weight is 546 g/mol. The lowest BCUT2D eigenvalue weighted by Gasteiger charge is -2.22. The highest BCUT2D eigenvalue weighted by Crippen LogP contribution is 2.31. The fourth-order valence-corrected chi connectivity index (χ4v) is 6.18. The van der Waals surface area contributed by atoms with Crippen molar-refractivity contribution in [2.45, 2.75) is 45.6 Å². The maximum absolute atomic E-state index is 14.1. The molecule has 1 aliphatic heterocycles. The second kappa shape index (κ2) is 10.9. The van der Waals surface area contributed by atoms with Gasteiger partial charge >= 0.3 is 0 Å². The summed E-state index contributed by atoms with van der Waals surface area (Å²) in [6.45, 7) is 4.61. The zero-order valence-electron chi connectivity index (χ0n) is 22.2. The van der Waals surface area contributed by atoms with Crippen LogP contribution in [0.15, 0.2) is 48.7 Å². The molecule has 1 saturated carbocycles.